The zero-order valence-corrected chi connectivity index (χ0v) is 22.3. The maximum Gasteiger partial charge on any atom is 0.335 e. The Kier molecular flexibility index (Phi) is 7.91. The number of barbiturate groups is 1. The summed E-state index contributed by atoms with van der Waals surface area (Å²) in [5.41, 5.74) is 3.42. The number of aryl methyl sites for hydroxylation is 1. The Morgan fingerprint density at radius 1 is 1.06 bits per heavy atom. The summed E-state index contributed by atoms with van der Waals surface area (Å²) < 4.78 is 7.18. The van der Waals surface area contributed by atoms with E-state index in [0.717, 1.165) is 25.2 Å². The molecule has 4 amide bonds. The summed E-state index contributed by atoms with van der Waals surface area (Å²) in [4.78, 5) is 39.1. The standard InChI is InChI=1S/C28H22ClIN2O4/c1-3-4-20-13-19(8-12-25(20)36-16-18-6-9-21(30)10-7-18)14-23-26(33)31-28(35)32(27(23)34)22-11-5-17(2)24(29)15-22/h3,5-15H,1,4,16H2,2H3,(H,31,33,35)/b23-14-. The van der Waals surface area contributed by atoms with Crippen LogP contribution >= 0.6 is 34.2 Å². The Balaban J connectivity index is 1.62. The van der Waals surface area contributed by atoms with Gasteiger partial charge >= 0.3 is 6.03 Å². The van der Waals surface area contributed by atoms with Crippen LogP contribution < -0.4 is 15.0 Å². The zero-order chi connectivity index (χ0) is 25.8. The number of nitrogens with one attached hydrogen (secondary N) is 1. The molecule has 1 N–H and O–H groups in total. The lowest BCUT2D eigenvalue weighted by molar-refractivity contribution is -0.122. The van der Waals surface area contributed by atoms with Crippen LogP contribution in [0.4, 0.5) is 10.5 Å². The van der Waals surface area contributed by atoms with Crippen molar-refractivity contribution in [1.82, 2.24) is 5.32 Å². The fourth-order valence-electron chi connectivity index (χ4n) is 3.67. The predicted octanol–water partition coefficient (Wildman–Crippen LogP) is 6.23. The third kappa shape index (κ3) is 5.68. The van der Waals surface area contributed by atoms with E-state index in [2.05, 4.69) is 34.5 Å². The van der Waals surface area contributed by atoms with Gasteiger partial charge in [0, 0.05) is 8.59 Å². The fraction of sp³-hybridized carbons (Fsp3) is 0.107. The molecule has 1 aliphatic rings. The molecule has 0 radical (unpaired) electrons. The number of carbonyl (C=O) groups is 3. The number of carbonyl (C=O) groups excluding carboxylic acids is 3. The van der Waals surface area contributed by atoms with Crippen molar-refractivity contribution >= 4 is 63.8 Å². The van der Waals surface area contributed by atoms with E-state index in [1.807, 2.05) is 37.3 Å². The fourth-order valence-corrected chi connectivity index (χ4v) is 4.20. The quantitative estimate of drug-likeness (QED) is 0.149. The summed E-state index contributed by atoms with van der Waals surface area (Å²) in [6.07, 6.45) is 3.75. The van der Waals surface area contributed by atoms with Crippen LogP contribution in [-0.4, -0.2) is 17.8 Å². The highest BCUT2D eigenvalue weighted by Crippen LogP contribution is 2.28. The molecule has 0 saturated carbocycles. The van der Waals surface area contributed by atoms with Gasteiger partial charge in [-0.25, -0.2) is 9.69 Å². The lowest BCUT2D eigenvalue weighted by atomic mass is 10.0. The second-order valence-corrected chi connectivity index (χ2v) is 9.82. The molecule has 0 aromatic heterocycles. The van der Waals surface area contributed by atoms with Gasteiger partial charge in [-0.05, 0) is 101 Å². The topological polar surface area (TPSA) is 75.7 Å². The van der Waals surface area contributed by atoms with Gasteiger partial charge in [0.1, 0.15) is 17.9 Å². The van der Waals surface area contributed by atoms with Crippen molar-refractivity contribution in [2.75, 3.05) is 4.90 Å². The molecule has 1 fully saturated rings. The zero-order valence-electron chi connectivity index (χ0n) is 19.4. The second-order valence-electron chi connectivity index (χ2n) is 8.17. The van der Waals surface area contributed by atoms with Gasteiger partial charge in [-0.3, -0.25) is 14.9 Å². The molecule has 4 rings (SSSR count). The normalized spacial score (nSPS) is 14.7. The van der Waals surface area contributed by atoms with Crippen molar-refractivity contribution in [3.63, 3.8) is 0 Å². The molecule has 1 saturated heterocycles. The molecule has 1 aliphatic heterocycles. The summed E-state index contributed by atoms with van der Waals surface area (Å²) in [5.74, 6) is -0.808. The smallest absolute Gasteiger partial charge is 0.335 e. The maximum absolute atomic E-state index is 13.2. The van der Waals surface area contributed by atoms with Crippen LogP contribution in [0.1, 0.15) is 22.3 Å². The largest absolute Gasteiger partial charge is 0.489 e. The number of hydrogen-bond donors (Lipinski definition) is 1. The molecule has 182 valence electrons. The minimum atomic E-state index is -0.825. The highest BCUT2D eigenvalue weighted by molar-refractivity contribution is 14.1. The third-order valence-corrected chi connectivity index (χ3v) is 6.71. The molecular formula is C28H22ClIN2O4. The molecule has 0 aliphatic carbocycles. The average Bonchev–Trinajstić information content (AvgIpc) is 2.84. The van der Waals surface area contributed by atoms with Crippen LogP contribution in [0.3, 0.4) is 0 Å². The number of allylic oxidation sites excluding steroid dienone is 1. The van der Waals surface area contributed by atoms with Crippen molar-refractivity contribution in [2.24, 2.45) is 0 Å². The molecule has 3 aromatic carbocycles. The van der Waals surface area contributed by atoms with E-state index in [1.165, 1.54) is 12.1 Å². The number of anilines is 1. The van der Waals surface area contributed by atoms with Gasteiger partial charge in [-0.15, -0.1) is 6.58 Å². The Hall–Kier alpha value is -3.43. The molecule has 6 nitrogen and oxygen atoms in total. The second kappa shape index (κ2) is 11.1. The van der Waals surface area contributed by atoms with Crippen molar-refractivity contribution in [3.8, 4) is 5.75 Å². The number of urea groups is 1. The Bertz CT molecular complexity index is 1400. The minimum absolute atomic E-state index is 0.164. The Labute approximate surface area is 227 Å². The van der Waals surface area contributed by atoms with E-state index < -0.39 is 17.8 Å². The van der Waals surface area contributed by atoms with Gasteiger partial charge in [0.2, 0.25) is 0 Å². The van der Waals surface area contributed by atoms with Gasteiger partial charge in [-0.1, -0.05) is 41.9 Å². The summed E-state index contributed by atoms with van der Waals surface area (Å²) in [6.45, 7) is 6.03. The highest BCUT2D eigenvalue weighted by atomic mass is 127. The van der Waals surface area contributed by atoms with Gasteiger partial charge in [-0.2, -0.15) is 0 Å². The molecule has 0 spiro atoms. The Morgan fingerprint density at radius 3 is 2.50 bits per heavy atom. The molecular weight excluding hydrogens is 591 g/mol. The highest BCUT2D eigenvalue weighted by Gasteiger charge is 2.37. The van der Waals surface area contributed by atoms with Crippen molar-refractivity contribution in [1.29, 1.82) is 0 Å². The summed E-state index contributed by atoms with van der Waals surface area (Å²) in [6, 6.07) is 17.4. The van der Waals surface area contributed by atoms with Gasteiger partial charge < -0.3 is 4.74 Å². The van der Waals surface area contributed by atoms with Crippen LogP contribution in [0.5, 0.6) is 5.75 Å². The van der Waals surface area contributed by atoms with Crippen LogP contribution in [0.2, 0.25) is 5.02 Å². The number of halogens is 2. The van der Waals surface area contributed by atoms with Crippen molar-refractivity contribution < 1.29 is 19.1 Å². The third-order valence-electron chi connectivity index (χ3n) is 5.58. The van der Waals surface area contributed by atoms with Crippen LogP contribution in [0.15, 0.2) is 78.9 Å². The molecule has 0 atom stereocenters. The van der Waals surface area contributed by atoms with Crippen LogP contribution in [0, 0.1) is 10.5 Å². The molecule has 0 unspecified atom stereocenters. The van der Waals surface area contributed by atoms with Gasteiger partial charge in [0.15, 0.2) is 0 Å². The first kappa shape index (κ1) is 25.7. The first-order valence-corrected chi connectivity index (χ1v) is 12.5. The van der Waals surface area contributed by atoms with E-state index in [0.29, 0.717) is 29.4 Å². The Morgan fingerprint density at radius 2 is 1.81 bits per heavy atom. The van der Waals surface area contributed by atoms with E-state index in [4.69, 9.17) is 16.3 Å². The number of ether oxygens (including phenoxy) is 1. The molecule has 36 heavy (non-hydrogen) atoms. The number of amides is 4. The summed E-state index contributed by atoms with van der Waals surface area (Å²) in [5, 5.41) is 2.64. The van der Waals surface area contributed by atoms with E-state index in [1.54, 1.807) is 30.3 Å². The molecule has 8 heteroatoms. The van der Waals surface area contributed by atoms with Crippen LogP contribution in [0.25, 0.3) is 6.08 Å². The predicted molar refractivity (Wildman–Crippen MR) is 149 cm³/mol. The molecule has 3 aromatic rings. The summed E-state index contributed by atoms with van der Waals surface area (Å²) in [7, 11) is 0. The molecule has 1 heterocycles. The molecule has 0 bridgehead atoms. The lowest BCUT2D eigenvalue weighted by Crippen LogP contribution is -2.54. The van der Waals surface area contributed by atoms with Crippen LogP contribution in [-0.2, 0) is 22.6 Å². The van der Waals surface area contributed by atoms with E-state index in [9.17, 15) is 14.4 Å². The maximum atomic E-state index is 13.2. The number of hydrogen-bond acceptors (Lipinski definition) is 4. The number of nitrogens with zero attached hydrogens (tertiary/aromatic N) is 1. The van der Waals surface area contributed by atoms with Crippen molar-refractivity contribution in [2.45, 2.75) is 20.0 Å². The number of benzene rings is 3. The number of rotatable bonds is 7. The SMILES string of the molecule is C=CCc1cc(/C=C2/C(=O)NC(=O)N(c3ccc(C)c(Cl)c3)C2=O)ccc1OCc1ccc(I)cc1. The number of imide groups is 2. The summed E-state index contributed by atoms with van der Waals surface area (Å²) >= 11 is 8.44. The first-order chi connectivity index (χ1) is 17.3. The van der Waals surface area contributed by atoms with E-state index in [-0.39, 0.29) is 11.3 Å². The monoisotopic (exact) mass is 612 g/mol. The van der Waals surface area contributed by atoms with Crippen molar-refractivity contribution in [3.05, 3.63) is 110 Å². The first-order valence-electron chi connectivity index (χ1n) is 11.1. The van der Waals surface area contributed by atoms with E-state index >= 15 is 0 Å². The van der Waals surface area contributed by atoms with Gasteiger partial charge in [0.05, 0.1) is 5.69 Å². The average molecular weight is 613 g/mol. The minimum Gasteiger partial charge on any atom is -0.489 e. The van der Waals surface area contributed by atoms with Gasteiger partial charge in [0.25, 0.3) is 11.8 Å². The lowest BCUT2D eigenvalue weighted by Gasteiger charge is -2.26.